The summed E-state index contributed by atoms with van der Waals surface area (Å²) in [6.45, 7) is 11.5. The lowest BCUT2D eigenvalue weighted by Gasteiger charge is -2.15. The van der Waals surface area contributed by atoms with Crippen molar-refractivity contribution in [2.75, 3.05) is 26.4 Å². The van der Waals surface area contributed by atoms with Gasteiger partial charge in [0.25, 0.3) is 0 Å². The highest BCUT2D eigenvalue weighted by molar-refractivity contribution is 5.85. The number of esters is 1. The molecule has 0 bridgehead atoms. The molecule has 0 heterocycles. The second-order valence-electron chi connectivity index (χ2n) is 4.48. The topological polar surface area (TPSA) is 44.8 Å². The fourth-order valence-corrected chi connectivity index (χ4v) is 1.64. The largest absolute Gasteiger partial charge is 0.485 e. The van der Waals surface area contributed by atoms with Gasteiger partial charge in [-0.1, -0.05) is 33.1 Å². The van der Waals surface area contributed by atoms with Crippen molar-refractivity contribution in [1.29, 1.82) is 0 Å². The average Bonchev–Trinajstić information content (AvgIpc) is 2.41. The first kappa shape index (κ1) is 18.0. The van der Waals surface area contributed by atoms with E-state index in [0.29, 0.717) is 25.7 Å². The van der Waals surface area contributed by atoms with Crippen LogP contribution in [0.3, 0.4) is 0 Å². The molecule has 0 saturated carbocycles. The van der Waals surface area contributed by atoms with E-state index in [1.807, 2.05) is 0 Å². The molecular weight excluding hydrogens is 244 g/mol. The third-order valence-corrected chi connectivity index (χ3v) is 2.90. The Hall–Kier alpha value is -1.03. The van der Waals surface area contributed by atoms with E-state index in [1.54, 1.807) is 6.92 Å². The van der Waals surface area contributed by atoms with Gasteiger partial charge < -0.3 is 14.2 Å². The molecule has 1 unspecified atom stereocenters. The van der Waals surface area contributed by atoms with Crippen molar-refractivity contribution >= 4 is 5.97 Å². The SMILES string of the molecule is C=C(OCCOCC(CC)CCCC)C(=O)OCC. The Morgan fingerprint density at radius 2 is 1.89 bits per heavy atom. The predicted octanol–water partition coefficient (Wildman–Crippen LogP) is 3.31. The molecule has 0 aromatic heterocycles. The van der Waals surface area contributed by atoms with Crippen LogP contribution in [0.2, 0.25) is 0 Å². The standard InChI is InChI=1S/C15H28O4/c1-5-8-9-14(6-2)12-17-10-11-19-13(4)15(16)18-7-3/h14H,4-12H2,1-3H3. The van der Waals surface area contributed by atoms with Gasteiger partial charge in [0, 0.05) is 6.61 Å². The maximum Gasteiger partial charge on any atom is 0.372 e. The molecule has 0 spiro atoms. The summed E-state index contributed by atoms with van der Waals surface area (Å²) in [6.07, 6.45) is 4.82. The first-order valence-electron chi connectivity index (χ1n) is 7.22. The van der Waals surface area contributed by atoms with Crippen molar-refractivity contribution in [2.45, 2.75) is 46.5 Å². The molecule has 0 aliphatic rings. The Kier molecular flexibility index (Phi) is 11.4. The quantitative estimate of drug-likeness (QED) is 0.237. The van der Waals surface area contributed by atoms with Gasteiger partial charge in [-0.05, 0) is 25.8 Å². The monoisotopic (exact) mass is 272 g/mol. The van der Waals surface area contributed by atoms with Crippen LogP contribution in [-0.2, 0) is 19.0 Å². The first-order chi connectivity index (χ1) is 9.15. The van der Waals surface area contributed by atoms with Crippen LogP contribution in [0.15, 0.2) is 12.3 Å². The Labute approximate surface area is 117 Å². The molecule has 0 amide bonds. The minimum Gasteiger partial charge on any atom is -0.485 e. The Morgan fingerprint density at radius 3 is 2.47 bits per heavy atom. The molecule has 0 N–H and O–H groups in total. The molecule has 0 aromatic carbocycles. The third kappa shape index (κ3) is 9.54. The lowest BCUT2D eigenvalue weighted by Crippen LogP contribution is -2.15. The van der Waals surface area contributed by atoms with Crippen LogP contribution in [-0.4, -0.2) is 32.4 Å². The summed E-state index contributed by atoms with van der Waals surface area (Å²) >= 11 is 0. The number of carbonyl (C=O) groups excluding carboxylic acids is 1. The van der Waals surface area contributed by atoms with Gasteiger partial charge in [0.1, 0.15) is 6.61 Å². The molecular formula is C15H28O4. The van der Waals surface area contributed by atoms with Crippen LogP contribution in [0.1, 0.15) is 46.5 Å². The molecule has 1 atom stereocenters. The van der Waals surface area contributed by atoms with Crippen LogP contribution in [0.4, 0.5) is 0 Å². The maximum atomic E-state index is 11.2. The van der Waals surface area contributed by atoms with Gasteiger partial charge in [0.15, 0.2) is 5.76 Å². The minimum absolute atomic E-state index is 0.0449. The van der Waals surface area contributed by atoms with E-state index in [1.165, 1.54) is 19.3 Å². The molecule has 19 heavy (non-hydrogen) atoms. The summed E-state index contributed by atoms with van der Waals surface area (Å²) in [4.78, 5) is 11.2. The summed E-state index contributed by atoms with van der Waals surface area (Å²) in [7, 11) is 0. The highest BCUT2D eigenvalue weighted by Gasteiger charge is 2.09. The van der Waals surface area contributed by atoms with Gasteiger partial charge in [-0.2, -0.15) is 0 Å². The van der Waals surface area contributed by atoms with Crippen LogP contribution in [0.5, 0.6) is 0 Å². The maximum absolute atomic E-state index is 11.2. The average molecular weight is 272 g/mol. The molecule has 112 valence electrons. The summed E-state index contributed by atoms with van der Waals surface area (Å²) in [5.41, 5.74) is 0. The number of hydrogen-bond donors (Lipinski definition) is 0. The molecule has 0 fully saturated rings. The van der Waals surface area contributed by atoms with Crippen molar-refractivity contribution in [2.24, 2.45) is 5.92 Å². The molecule has 0 aromatic rings. The highest BCUT2D eigenvalue weighted by Crippen LogP contribution is 2.12. The van der Waals surface area contributed by atoms with Crippen molar-refractivity contribution in [3.05, 3.63) is 12.3 Å². The second kappa shape index (κ2) is 12.0. The first-order valence-corrected chi connectivity index (χ1v) is 7.22. The van der Waals surface area contributed by atoms with Gasteiger partial charge in [0.05, 0.1) is 13.2 Å². The normalized spacial score (nSPS) is 11.9. The molecule has 4 nitrogen and oxygen atoms in total. The zero-order valence-electron chi connectivity index (χ0n) is 12.6. The van der Waals surface area contributed by atoms with E-state index in [2.05, 4.69) is 20.4 Å². The Bertz CT molecular complexity index is 251. The van der Waals surface area contributed by atoms with E-state index in [4.69, 9.17) is 14.2 Å². The van der Waals surface area contributed by atoms with Gasteiger partial charge in [0.2, 0.25) is 0 Å². The summed E-state index contributed by atoms with van der Waals surface area (Å²) < 4.78 is 15.5. The Balaban J connectivity index is 3.57. The zero-order valence-corrected chi connectivity index (χ0v) is 12.6. The number of ether oxygens (including phenoxy) is 3. The molecule has 0 saturated heterocycles. The summed E-state index contributed by atoms with van der Waals surface area (Å²) in [5.74, 6) is 0.161. The van der Waals surface area contributed by atoms with Gasteiger partial charge in [-0.15, -0.1) is 0 Å². The van der Waals surface area contributed by atoms with Crippen molar-refractivity contribution in [3.63, 3.8) is 0 Å². The van der Waals surface area contributed by atoms with Gasteiger partial charge in [-0.25, -0.2) is 4.79 Å². The molecule has 0 radical (unpaired) electrons. The summed E-state index contributed by atoms with van der Waals surface area (Å²) in [6, 6.07) is 0. The number of unbranched alkanes of at least 4 members (excludes halogenated alkanes) is 1. The minimum atomic E-state index is -0.503. The van der Waals surface area contributed by atoms with E-state index < -0.39 is 5.97 Å². The van der Waals surface area contributed by atoms with E-state index in [9.17, 15) is 4.79 Å². The van der Waals surface area contributed by atoms with Crippen LogP contribution in [0.25, 0.3) is 0 Å². The third-order valence-electron chi connectivity index (χ3n) is 2.90. The predicted molar refractivity (Wildman–Crippen MR) is 75.9 cm³/mol. The van der Waals surface area contributed by atoms with Crippen LogP contribution >= 0.6 is 0 Å². The van der Waals surface area contributed by atoms with Crippen LogP contribution in [0, 0.1) is 5.92 Å². The Morgan fingerprint density at radius 1 is 1.16 bits per heavy atom. The second-order valence-corrected chi connectivity index (χ2v) is 4.48. The highest BCUT2D eigenvalue weighted by atomic mass is 16.6. The molecule has 0 aliphatic heterocycles. The van der Waals surface area contributed by atoms with Gasteiger partial charge in [-0.3, -0.25) is 0 Å². The summed E-state index contributed by atoms with van der Waals surface area (Å²) in [5, 5.41) is 0. The lowest BCUT2D eigenvalue weighted by atomic mass is 10.0. The molecule has 0 rings (SSSR count). The zero-order chi connectivity index (χ0) is 14.5. The van der Waals surface area contributed by atoms with Crippen molar-refractivity contribution < 1.29 is 19.0 Å². The van der Waals surface area contributed by atoms with Crippen LogP contribution < -0.4 is 0 Å². The molecule has 4 heteroatoms. The van der Waals surface area contributed by atoms with E-state index >= 15 is 0 Å². The molecule has 0 aliphatic carbocycles. The fourth-order valence-electron chi connectivity index (χ4n) is 1.64. The van der Waals surface area contributed by atoms with E-state index in [0.717, 1.165) is 13.0 Å². The lowest BCUT2D eigenvalue weighted by molar-refractivity contribution is -0.142. The van der Waals surface area contributed by atoms with Crippen molar-refractivity contribution in [3.8, 4) is 0 Å². The number of carbonyl (C=O) groups is 1. The number of hydrogen-bond acceptors (Lipinski definition) is 4. The number of rotatable bonds is 12. The van der Waals surface area contributed by atoms with E-state index in [-0.39, 0.29) is 5.76 Å². The fraction of sp³-hybridized carbons (Fsp3) is 0.800. The van der Waals surface area contributed by atoms with Gasteiger partial charge >= 0.3 is 5.97 Å². The van der Waals surface area contributed by atoms with Crippen molar-refractivity contribution in [1.82, 2.24) is 0 Å². The smallest absolute Gasteiger partial charge is 0.372 e.